The summed E-state index contributed by atoms with van der Waals surface area (Å²) in [7, 11) is -3.17. The molecule has 0 saturated heterocycles. The van der Waals surface area contributed by atoms with Gasteiger partial charge in [-0.25, -0.2) is 18.2 Å². The summed E-state index contributed by atoms with van der Waals surface area (Å²) in [6.07, 6.45) is -3.12. The number of hydrogen-bond donors (Lipinski definition) is 1. The van der Waals surface area contributed by atoms with Crippen LogP contribution in [0.1, 0.15) is 11.1 Å². The van der Waals surface area contributed by atoms with E-state index in [9.17, 15) is 26.4 Å². The number of hydrogen-bond acceptors (Lipinski definition) is 5. The van der Waals surface area contributed by atoms with Gasteiger partial charge in [0.15, 0.2) is 5.82 Å². The largest absolute Gasteiger partial charge is 0.416 e. The second kappa shape index (κ2) is 8.19. The Kier molecular flexibility index (Phi) is 6.00. The van der Waals surface area contributed by atoms with Gasteiger partial charge in [0.25, 0.3) is 0 Å². The molecular formula is C19H15ClF3N3O3S. The molecule has 0 spiro atoms. The number of rotatable bonds is 5. The van der Waals surface area contributed by atoms with Crippen molar-refractivity contribution in [3.63, 3.8) is 0 Å². The maximum Gasteiger partial charge on any atom is 0.416 e. The molecule has 30 heavy (non-hydrogen) atoms. The predicted molar refractivity (Wildman–Crippen MR) is 107 cm³/mol. The lowest BCUT2D eigenvalue weighted by atomic mass is 10.1. The zero-order chi connectivity index (χ0) is 22.1. The van der Waals surface area contributed by atoms with Crippen LogP contribution in [0.3, 0.4) is 0 Å². The van der Waals surface area contributed by atoms with Crippen molar-refractivity contribution in [1.82, 2.24) is 15.0 Å². The maximum atomic E-state index is 12.8. The van der Waals surface area contributed by atoms with Crippen LogP contribution in [-0.2, 0) is 22.4 Å². The molecule has 6 nitrogen and oxygen atoms in total. The Bertz CT molecular complexity index is 1240. The van der Waals surface area contributed by atoms with Gasteiger partial charge in [0.1, 0.15) is 15.7 Å². The fraction of sp³-hybridized carbons (Fsp3) is 0.211. The molecule has 0 unspecified atom stereocenters. The summed E-state index contributed by atoms with van der Waals surface area (Å²) in [6.45, 7) is 0. The normalized spacial score (nSPS) is 12.2. The van der Waals surface area contributed by atoms with Crippen molar-refractivity contribution in [2.24, 2.45) is 0 Å². The first kappa shape index (κ1) is 22.0. The minimum Gasteiger partial charge on any atom is -0.290 e. The third-order valence-electron chi connectivity index (χ3n) is 4.17. The van der Waals surface area contributed by atoms with Gasteiger partial charge in [0.05, 0.1) is 16.3 Å². The van der Waals surface area contributed by atoms with Crippen LogP contribution < -0.4 is 5.69 Å². The Morgan fingerprint density at radius 1 is 1.07 bits per heavy atom. The maximum absolute atomic E-state index is 12.8. The van der Waals surface area contributed by atoms with E-state index < -0.39 is 27.3 Å². The molecule has 0 aliphatic carbocycles. The van der Waals surface area contributed by atoms with Crippen molar-refractivity contribution in [3.05, 3.63) is 69.1 Å². The van der Waals surface area contributed by atoms with E-state index in [2.05, 4.69) is 15.0 Å². The first-order valence-corrected chi connectivity index (χ1v) is 11.0. The van der Waals surface area contributed by atoms with Gasteiger partial charge in [0.2, 0.25) is 0 Å². The summed E-state index contributed by atoms with van der Waals surface area (Å²) in [5, 5.41) is 0.255. The Morgan fingerprint density at radius 3 is 2.33 bits per heavy atom. The van der Waals surface area contributed by atoms with Crippen LogP contribution in [0.5, 0.6) is 0 Å². The Hall–Kier alpha value is -2.72. The standard InChI is InChI=1S/C19H15ClF3N3O3S/c1-30(28,29)9-8-11-2-7-15(20)14(10-11)17-24-16(25-18(27)26-17)12-3-5-13(6-4-12)19(21,22)23/h2-7,10H,8-9H2,1H3,(H,24,25,26,27). The van der Waals surface area contributed by atoms with Gasteiger partial charge in [-0.15, -0.1) is 0 Å². The molecule has 0 amide bonds. The van der Waals surface area contributed by atoms with Crippen molar-refractivity contribution in [1.29, 1.82) is 0 Å². The first-order chi connectivity index (χ1) is 13.9. The first-order valence-electron chi connectivity index (χ1n) is 8.55. The average Bonchev–Trinajstić information content (AvgIpc) is 2.65. The summed E-state index contributed by atoms with van der Waals surface area (Å²) in [4.78, 5) is 22.4. The lowest BCUT2D eigenvalue weighted by molar-refractivity contribution is -0.137. The highest BCUT2D eigenvalue weighted by Crippen LogP contribution is 2.31. The fourth-order valence-corrected chi connectivity index (χ4v) is 3.48. The second-order valence-corrected chi connectivity index (χ2v) is 9.26. The lowest BCUT2D eigenvalue weighted by Crippen LogP contribution is -2.15. The third kappa shape index (κ3) is 5.45. The molecule has 3 rings (SSSR count). The Morgan fingerprint density at radius 2 is 1.73 bits per heavy atom. The van der Waals surface area contributed by atoms with E-state index in [0.29, 0.717) is 11.1 Å². The number of nitrogens with one attached hydrogen (secondary N) is 1. The van der Waals surface area contributed by atoms with Crippen LogP contribution in [0.2, 0.25) is 5.02 Å². The molecule has 11 heteroatoms. The highest BCUT2D eigenvalue weighted by molar-refractivity contribution is 7.90. The van der Waals surface area contributed by atoms with Crippen molar-refractivity contribution in [3.8, 4) is 22.8 Å². The highest BCUT2D eigenvalue weighted by atomic mass is 35.5. The van der Waals surface area contributed by atoms with Gasteiger partial charge in [-0.2, -0.15) is 18.2 Å². The van der Waals surface area contributed by atoms with Crippen LogP contribution in [0.15, 0.2) is 47.3 Å². The fourth-order valence-electron chi connectivity index (χ4n) is 2.66. The van der Waals surface area contributed by atoms with Crippen LogP contribution in [0, 0.1) is 0 Å². The Balaban J connectivity index is 2.00. The smallest absolute Gasteiger partial charge is 0.290 e. The minimum atomic E-state index is -4.49. The summed E-state index contributed by atoms with van der Waals surface area (Å²) >= 11 is 6.22. The molecule has 0 fully saturated rings. The molecule has 158 valence electrons. The van der Waals surface area contributed by atoms with Crippen molar-refractivity contribution >= 4 is 21.4 Å². The summed E-state index contributed by atoms with van der Waals surface area (Å²) in [5.41, 5.74) is -0.365. The van der Waals surface area contributed by atoms with E-state index >= 15 is 0 Å². The van der Waals surface area contributed by atoms with Crippen LogP contribution in [0.4, 0.5) is 13.2 Å². The molecule has 2 aromatic carbocycles. The quantitative estimate of drug-likeness (QED) is 0.629. The van der Waals surface area contributed by atoms with Gasteiger partial charge in [-0.1, -0.05) is 29.8 Å². The number of aromatic amines is 1. The van der Waals surface area contributed by atoms with E-state index in [4.69, 9.17) is 11.6 Å². The number of aryl methyl sites for hydroxylation is 1. The molecule has 0 aliphatic rings. The zero-order valence-corrected chi connectivity index (χ0v) is 17.1. The average molecular weight is 458 g/mol. The van der Waals surface area contributed by atoms with E-state index in [1.807, 2.05) is 0 Å². The van der Waals surface area contributed by atoms with E-state index in [1.165, 1.54) is 12.1 Å². The van der Waals surface area contributed by atoms with Gasteiger partial charge in [-0.05, 0) is 36.2 Å². The van der Waals surface area contributed by atoms with Gasteiger partial charge in [0, 0.05) is 17.4 Å². The molecule has 0 atom stereocenters. The SMILES string of the molecule is CS(=O)(=O)CCc1ccc(Cl)c(-c2nc(-c3ccc(C(F)(F)F)cc3)nc(=O)[nH]2)c1. The molecular weight excluding hydrogens is 443 g/mol. The number of aromatic nitrogens is 3. The number of nitrogens with zero attached hydrogens (tertiary/aromatic N) is 2. The number of H-pyrrole nitrogens is 1. The molecule has 1 N–H and O–H groups in total. The molecule has 0 aliphatic heterocycles. The monoisotopic (exact) mass is 457 g/mol. The van der Waals surface area contributed by atoms with Crippen LogP contribution in [0.25, 0.3) is 22.8 Å². The van der Waals surface area contributed by atoms with E-state index in [0.717, 1.165) is 18.4 Å². The second-order valence-electron chi connectivity index (χ2n) is 6.60. The summed E-state index contributed by atoms with van der Waals surface area (Å²) < 4.78 is 61.0. The molecule has 1 aromatic heterocycles. The number of halogens is 4. The highest BCUT2D eigenvalue weighted by Gasteiger charge is 2.30. The molecule has 0 saturated carbocycles. The third-order valence-corrected chi connectivity index (χ3v) is 5.44. The van der Waals surface area contributed by atoms with E-state index in [-0.39, 0.29) is 34.4 Å². The van der Waals surface area contributed by atoms with E-state index in [1.54, 1.807) is 18.2 Å². The number of sulfone groups is 1. The summed E-state index contributed by atoms with van der Waals surface area (Å²) in [6, 6.07) is 8.90. The molecule has 1 heterocycles. The summed E-state index contributed by atoms with van der Waals surface area (Å²) in [5.74, 6) is -0.0678. The molecule has 0 radical (unpaired) electrons. The van der Waals surface area contributed by atoms with Crippen LogP contribution >= 0.6 is 11.6 Å². The van der Waals surface area contributed by atoms with Gasteiger partial charge < -0.3 is 0 Å². The van der Waals surface area contributed by atoms with Gasteiger partial charge >= 0.3 is 11.9 Å². The van der Waals surface area contributed by atoms with Crippen molar-refractivity contribution in [2.45, 2.75) is 12.6 Å². The minimum absolute atomic E-state index is 0.0643. The van der Waals surface area contributed by atoms with Crippen LogP contribution in [-0.4, -0.2) is 35.4 Å². The van der Waals surface area contributed by atoms with Gasteiger partial charge in [-0.3, -0.25) is 4.98 Å². The topological polar surface area (TPSA) is 92.8 Å². The zero-order valence-electron chi connectivity index (χ0n) is 15.5. The van der Waals surface area contributed by atoms with Crippen molar-refractivity contribution < 1.29 is 21.6 Å². The lowest BCUT2D eigenvalue weighted by Gasteiger charge is -2.09. The molecule has 0 bridgehead atoms. The predicted octanol–water partition coefficient (Wildman–Crippen LogP) is 3.76. The Labute approximate surface area is 174 Å². The van der Waals surface area contributed by atoms with Crippen molar-refractivity contribution in [2.75, 3.05) is 12.0 Å². The number of alkyl halides is 3. The molecule has 3 aromatic rings. The number of benzene rings is 2.